The standard InChI is InChI=1S/C18H20N4OS/c1-21(12-14-8-10-16(23-2)11-9-14)13-22-18(24)19-17(20-22)15-6-4-3-5-7-15/h3-11H,12-13H2,1-2H3,(H,19,20,24)/p+1. The molecular formula is C18H21N4OS+. The molecule has 0 bridgehead atoms. The van der Waals surface area contributed by atoms with Gasteiger partial charge in [0, 0.05) is 11.1 Å². The molecule has 1 heterocycles. The molecule has 3 rings (SSSR count). The first-order chi connectivity index (χ1) is 11.7. The Hall–Kier alpha value is -2.44. The number of hydrogen-bond acceptors (Lipinski definition) is 3. The summed E-state index contributed by atoms with van der Waals surface area (Å²) in [7, 11) is 3.81. The van der Waals surface area contributed by atoms with Crippen LogP contribution in [0.25, 0.3) is 11.4 Å². The molecule has 0 spiro atoms. The van der Waals surface area contributed by atoms with Crippen molar-refractivity contribution >= 4 is 12.2 Å². The van der Waals surface area contributed by atoms with E-state index in [0.29, 0.717) is 4.77 Å². The van der Waals surface area contributed by atoms with E-state index < -0.39 is 0 Å². The molecule has 1 aromatic heterocycles. The van der Waals surface area contributed by atoms with Crippen molar-refractivity contribution in [2.45, 2.75) is 13.2 Å². The van der Waals surface area contributed by atoms with Crippen molar-refractivity contribution in [1.82, 2.24) is 14.8 Å². The summed E-state index contributed by atoms with van der Waals surface area (Å²) in [5, 5.41) is 3.29. The number of nitrogens with zero attached hydrogens (tertiary/aromatic N) is 2. The van der Waals surface area contributed by atoms with Crippen LogP contribution in [0.15, 0.2) is 54.6 Å². The van der Waals surface area contributed by atoms with Crippen LogP contribution in [-0.2, 0) is 13.2 Å². The first-order valence-corrected chi connectivity index (χ1v) is 8.23. The van der Waals surface area contributed by atoms with Gasteiger partial charge < -0.3 is 9.64 Å². The molecule has 5 nitrogen and oxygen atoms in total. The summed E-state index contributed by atoms with van der Waals surface area (Å²) in [5.41, 5.74) is 2.29. The lowest BCUT2D eigenvalue weighted by Gasteiger charge is -2.14. The Morgan fingerprint density at radius 2 is 1.83 bits per heavy atom. The number of methoxy groups -OCH3 is 1. The van der Waals surface area contributed by atoms with Crippen LogP contribution in [0.4, 0.5) is 0 Å². The van der Waals surface area contributed by atoms with E-state index in [1.807, 2.05) is 47.1 Å². The van der Waals surface area contributed by atoms with E-state index in [1.54, 1.807) is 7.11 Å². The predicted octanol–water partition coefficient (Wildman–Crippen LogP) is 2.29. The molecule has 124 valence electrons. The van der Waals surface area contributed by atoms with Crippen LogP contribution in [0.5, 0.6) is 5.75 Å². The SMILES string of the molecule is COc1ccc(C[NH+](C)Cn2[nH]c(-c3ccccc3)nc2=S)cc1. The van der Waals surface area contributed by atoms with E-state index in [0.717, 1.165) is 30.4 Å². The molecule has 0 saturated carbocycles. The highest BCUT2D eigenvalue weighted by molar-refractivity contribution is 7.71. The molecule has 24 heavy (non-hydrogen) atoms. The molecule has 0 saturated heterocycles. The Kier molecular flexibility index (Phi) is 5.08. The van der Waals surface area contributed by atoms with Gasteiger partial charge in [0.05, 0.1) is 14.2 Å². The van der Waals surface area contributed by atoms with Gasteiger partial charge in [0.1, 0.15) is 12.3 Å². The van der Waals surface area contributed by atoms with Gasteiger partial charge in [0.25, 0.3) is 0 Å². The maximum Gasteiger partial charge on any atom is 0.221 e. The van der Waals surface area contributed by atoms with Crippen molar-refractivity contribution in [3.63, 3.8) is 0 Å². The molecule has 6 heteroatoms. The Labute approximate surface area is 146 Å². The van der Waals surface area contributed by atoms with Crippen LogP contribution in [0, 0.1) is 4.77 Å². The Morgan fingerprint density at radius 1 is 1.12 bits per heavy atom. The lowest BCUT2D eigenvalue weighted by molar-refractivity contribution is -0.917. The van der Waals surface area contributed by atoms with E-state index in [9.17, 15) is 0 Å². The van der Waals surface area contributed by atoms with Crippen LogP contribution >= 0.6 is 12.2 Å². The zero-order chi connectivity index (χ0) is 16.9. The first-order valence-electron chi connectivity index (χ1n) is 7.82. The molecule has 2 N–H and O–H groups in total. The molecule has 0 fully saturated rings. The van der Waals surface area contributed by atoms with Crippen LogP contribution in [0.2, 0.25) is 0 Å². The summed E-state index contributed by atoms with van der Waals surface area (Å²) in [6.45, 7) is 1.62. The van der Waals surface area contributed by atoms with Gasteiger partial charge in [0.15, 0.2) is 12.5 Å². The molecule has 0 radical (unpaired) electrons. The third kappa shape index (κ3) is 3.90. The lowest BCUT2D eigenvalue weighted by atomic mass is 10.2. The number of aromatic nitrogens is 3. The number of hydrogen-bond donors (Lipinski definition) is 2. The highest BCUT2D eigenvalue weighted by Crippen LogP contribution is 2.13. The van der Waals surface area contributed by atoms with Crippen molar-refractivity contribution in [3.8, 4) is 17.1 Å². The minimum absolute atomic E-state index is 0.572. The second-order valence-corrected chi connectivity index (χ2v) is 6.15. The number of benzene rings is 2. The molecular weight excluding hydrogens is 320 g/mol. The molecule has 0 aliphatic carbocycles. The zero-order valence-electron chi connectivity index (χ0n) is 13.8. The van der Waals surface area contributed by atoms with E-state index in [4.69, 9.17) is 17.0 Å². The number of H-pyrrole nitrogens is 1. The van der Waals surface area contributed by atoms with Crippen LogP contribution in [0.1, 0.15) is 5.56 Å². The number of quaternary nitrogens is 1. The van der Waals surface area contributed by atoms with Crippen molar-refractivity contribution in [1.29, 1.82) is 0 Å². The number of nitrogens with one attached hydrogen (secondary N) is 2. The third-order valence-corrected chi connectivity index (χ3v) is 4.13. The quantitative estimate of drug-likeness (QED) is 0.676. The van der Waals surface area contributed by atoms with Crippen molar-refractivity contribution in [3.05, 3.63) is 64.9 Å². The van der Waals surface area contributed by atoms with E-state index in [-0.39, 0.29) is 0 Å². The van der Waals surface area contributed by atoms with Gasteiger partial charge >= 0.3 is 0 Å². The molecule has 0 aliphatic heterocycles. The van der Waals surface area contributed by atoms with Gasteiger partial charge in [-0.05, 0) is 36.5 Å². The fourth-order valence-corrected chi connectivity index (χ4v) is 2.81. The predicted molar refractivity (Wildman–Crippen MR) is 96.4 cm³/mol. The number of ether oxygens (including phenoxy) is 1. The van der Waals surface area contributed by atoms with Crippen molar-refractivity contribution in [2.24, 2.45) is 0 Å². The summed E-state index contributed by atoms with van der Waals surface area (Å²) >= 11 is 5.38. The Bertz CT molecular complexity index is 839. The average Bonchev–Trinajstić information content (AvgIpc) is 2.97. The summed E-state index contributed by atoms with van der Waals surface area (Å²) < 4.78 is 7.68. The van der Waals surface area contributed by atoms with E-state index >= 15 is 0 Å². The van der Waals surface area contributed by atoms with Crippen molar-refractivity contribution in [2.75, 3.05) is 14.2 Å². The molecule has 2 aromatic carbocycles. The van der Waals surface area contributed by atoms with Crippen LogP contribution in [0.3, 0.4) is 0 Å². The minimum atomic E-state index is 0.572. The average molecular weight is 341 g/mol. The molecule has 0 aliphatic rings. The highest BCUT2D eigenvalue weighted by Gasteiger charge is 2.09. The van der Waals surface area contributed by atoms with Crippen LogP contribution < -0.4 is 9.64 Å². The third-order valence-electron chi connectivity index (χ3n) is 3.82. The molecule has 0 amide bonds. The van der Waals surface area contributed by atoms with Gasteiger partial charge in [-0.2, -0.15) is 4.98 Å². The summed E-state index contributed by atoms with van der Waals surface area (Å²) in [5.74, 6) is 1.68. The fourth-order valence-electron chi connectivity index (χ4n) is 2.61. The number of rotatable bonds is 6. The first kappa shape index (κ1) is 16.4. The highest BCUT2D eigenvalue weighted by atomic mass is 32.1. The molecule has 1 unspecified atom stereocenters. The lowest BCUT2D eigenvalue weighted by Crippen LogP contribution is -3.07. The second kappa shape index (κ2) is 7.42. The van der Waals surface area contributed by atoms with Gasteiger partial charge in [-0.1, -0.05) is 30.3 Å². The van der Waals surface area contributed by atoms with Gasteiger partial charge in [0.2, 0.25) is 4.77 Å². The normalized spacial score (nSPS) is 12.1. The summed E-state index contributed by atoms with van der Waals surface area (Å²) in [4.78, 5) is 5.76. The zero-order valence-corrected chi connectivity index (χ0v) is 14.6. The molecule has 1 atom stereocenters. The molecule has 3 aromatic rings. The number of aromatic amines is 1. The minimum Gasteiger partial charge on any atom is -0.497 e. The maximum atomic E-state index is 5.38. The fraction of sp³-hybridized carbons (Fsp3) is 0.222. The maximum absolute atomic E-state index is 5.38. The van der Waals surface area contributed by atoms with E-state index in [2.05, 4.69) is 29.3 Å². The Morgan fingerprint density at radius 3 is 2.50 bits per heavy atom. The van der Waals surface area contributed by atoms with Crippen molar-refractivity contribution < 1.29 is 9.64 Å². The van der Waals surface area contributed by atoms with Gasteiger partial charge in [-0.25, -0.2) is 4.68 Å². The largest absolute Gasteiger partial charge is 0.497 e. The van der Waals surface area contributed by atoms with Gasteiger partial charge in [-0.15, -0.1) is 0 Å². The van der Waals surface area contributed by atoms with Gasteiger partial charge in [-0.3, -0.25) is 5.10 Å². The topological polar surface area (TPSA) is 47.3 Å². The van der Waals surface area contributed by atoms with Crippen LogP contribution in [-0.4, -0.2) is 28.9 Å². The monoisotopic (exact) mass is 341 g/mol. The smallest absolute Gasteiger partial charge is 0.221 e. The summed E-state index contributed by atoms with van der Waals surface area (Å²) in [6.07, 6.45) is 0. The van der Waals surface area contributed by atoms with E-state index in [1.165, 1.54) is 10.5 Å². The summed E-state index contributed by atoms with van der Waals surface area (Å²) in [6, 6.07) is 18.2. The Balaban J connectivity index is 1.69. The second-order valence-electron chi connectivity index (χ2n) is 5.79.